The number of nitrogens with one attached hydrogen (secondary N) is 3. The van der Waals surface area contributed by atoms with Crippen molar-refractivity contribution >= 4 is 45.9 Å². The predicted molar refractivity (Wildman–Crippen MR) is 128 cm³/mol. The highest BCUT2D eigenvalue weighted by Crippen LogP contribution is 2.25. The predicted octanol–water partition coefficient (Wildman–Crippen LogP) is 4.37. The Morgan fingerprint density at radius 3 is 2.71 bits per heavy atom. The third kappa shape index (κ3) is 5.11. The molecule has 0 bridgehead atoms. The van der Waals surface area contributed by atoms with Crippen LogP contribution in [-0.4, -0.2) is 41.7 Å². The molecule has 3 N–H and O–H groups in total. The molecular weight excluding hydrogens is 428 g/mol. The van der Waals surface area contributed by atoms with Crippen molar-refractivity contribution in [3.05, 3.63) is 56.2 Å². The summed E-state index contributed by atoms with van der Waals surface area (Å²) in [5, 5.41) is 17.0. The first-order valence-corrected chi connectivity index (χ1v) is 12.1. The number of amides is 1. The summed E-state index contributed by atoms with van der Waals surface area (Å²) in [5.74, 6) is 1.39. The first kappa shape index (κ1) is 21.5. The van der Waals surface area contributed by atoms with Gasteiger partial charge in [-0.05, 0) is 36.4 Å². The quantitative estimate of drug-likeness (QED) is 0.461. The smallest absolute Gasteiger partial charge is 0.280 e. The fourth-order valence-corrected chi connectivity index (χ4v) is 5.04. The van der Waals surface area contributed by atoms with E-state index in [0.29, 0.717) is 33.5 Å². The van der Waals surface area contributed by atoms with E-state index in [1.807, 2.05) is 36.7 Å². The molecule has 1 fully saturated rings. The summed E-state index contributed by atoms with van der Waals surface area (Å²) in [4.78, 5) is 25.5. The van der Waals surface area contributed by atoms with Gasteiger partial charge in [0, 0.05) is 36.8 Å². The minimum atomic E-state index is -0.221. The van der Waals surface area contributed by atoms with E-state index in [2.05, 4.69) is 20.5 Å². The lowest BCUT2D eigenvalue weighted by molar-refractivity contribution is 0.0951. The maximum Gasteiger partial charge on any atom is 0.280 e. The molecule has 1 saturated heterocycles. The highest BCUT2D eigenvalue weighted by atomic mass is 32.1. The minimum absolute atomic E-state index is 0.221. The third-order valence-corrected chi connectivity index (χ3v) is 7.16. The van der Waals surface area contributed by atoms with Crippen LogP contribution in [0.3, 0.4) is 0 Å². The molecule has 1 aliphatic rings. The van der Waals surface area contributed by atoms with Crippen LogP contribution in [0.25, 0.3) is 0 Å². The number of hydrogen-bond donors (Lipinski definition) is 3. The molecule has 0 unspecified atom stereocenters. The summed E-state index contributed by atoms with van der Waals surface area (Å²) in [5.41, 5.74) is 1.02. The van der Waals surface area contributed by atoms with Gasteiger partial charge in [-0.3, -0.25) is 10.2 Å². The highest BCUT2D eigenvalue weighted by molar-refractivity contribution is 7.15. The van der Waals surface area contributed by atoms with Crippen LogP contribution in [0.2, 0.25) is 0 Å². The van der Waals surface area contributed by atoms with Crippen molar-refractivity contribution in [1.29, 1.82) is 5.41 Å². The standard InChI is InChI=1S/C22H26N6OS2/c1-24-20-16(8-9-18(27-20)28-10-4-2-3-5-11-28)19(23)17-14-26-22(31-17)21(29)25-13-15-7-6-12-30-15/h6-9,12,14,23H,2-5,10-11,13H2,1H3,(H,24,27)(H,25,29). The average Bonchev–Trinajstić information content (AvgIpc) is 3.43. The average molecular weight is 455 g/mol. The second-order valence-corrected chi connectivity index (χ2v) is 9.45. The Labute approximate surface area is 190 Å². The third-order valence-electron chi connectivity index (χ3n) is 5.27. The van der Waals surface area contributed by atoms with Crippen LogP contribution in [0, 0.1) is 5.41 Å². The van der Waals surface area contributed by atoms with Gasteiger partial charge >= 0.3 is 0 Å². The topological polar surface area (TPSA) is 94.0 Å². The lowest BCUT2D eigenvalue weighted by Gasteiger charge is -2.22. The van der Waals surface area contributed by atoms with E-state index in [-0.39, 0.29) is 5.91 Å². The molecular formula is C22H26N6OS2. The lowest BCUT2D eigenvalue weighted by Crippen LogP contribution is -2.25. The number of anilines is 2. The van der Waals surface area contributed by atoms with Gasteiger partial charge in [0.15, 0.2) is 5.01 Å². The molecule has 0 saturated carbocycles. The van der Waals surface area contributed by atoms with Gasteiger partial charge < -0.3 is 15.5 Å². The molecule has 0 radical (unpaired) electrons. The van der Waals surface area contributed by atoms with Gasteiger partial charge in [-0.15, -0.1) is 22.7 Å². The molecule has 4 rings (SSSR count). The van der Waals surface area contributed by atoms with Crippen LogP contribution in [0.1, 0.15) is 50.8 Å². The number of thiazole rings is 1. The van der Waals surface area contributed by atoms with E-state index in [1.54, 1.807) is 17.5 Å². The van der Waals surface area contributed by atoms with Crippen molar-refractivity contribution in [2.24, 2.45) is 0 Å². The number of aromatic nitrogens is 2. The molecule has 31 heavy (non-hydrogen) atoms. The van der Waals surface area contributed by atoms with Crippen molar-refractivity contribution in [3.63, 3.8) is 0 Å². The minimum Gasteiger partial charge on any atom is -0.373 e. The van der Waals surface area contributed by atoms with Gasteiger partial charge in [0.2, 0.25) is 0 Å². The van der Waals surface area contributed by atoms with Crippen LogP contribution in [0.5, 0.6) is 0 Å². The zero-order valence-corrected chi connectivity index (χ0v) is 19.1. The Kier molecular flexibility index (Phi) is 6.93. The van der Waals surface area contributed by atoms with Crippen LogP contribution >= 0.6 is 22.7 Å². The van der Waals surface area contributed by atoms with E-state index in [0.717, 1.165) is 23.8 Å². The summed E-state index contributed by atoms with van der Waals surface area (Å²) in [7, 11) is 1.82. The van der Waals surface area contributed by atoms with Gasteiger partial charge in [-0.25, -0.2) is 9.97 Å². The lowest BCUT2D eigenvalue weighted by atomic mass is 10.1. The second-order valence-electron chi connectivity index (χ2n) is 7.38. The number of nitrogens with zero attached hydrogens (tertiary/aromatic N) is 3. The Balaban J connectivity index is 1.48. The number of carbonyl (C=O) groups excluding carboxylic acids is 1. The van der Waals surface area contributed by atoms with Crippen LogP contribution in [-0.2, 0) is 6.54 Å². The van der Waals surface area contributed by atoms with E-state index in [4.69, 9.17) is 10.4 Å². The van der Waals surface area contributed by atoms with Gasteiger partial charge in [0.05, 0.1) is 17.1 Å². The highest BCUT2D eigenvalue weighted by Gasteiger charge is 2.19. The molecule has 1 aliphatic heterocycles. The summed E-state index contributed by atoms with van der Waals surface area (Å²) in [6.45, 7) is 2.52. The number of hydrogen-bond acceptors (Lipinski definition) is 8. The first-order valence-electron chi connectivity index (χ1n) is 10.4. The van der Waals surface area contributed by atoms with E-state index in [1.165, 1.54) is 37.0 Å². The van der Waals surface area contributed by atoms with Gasteiger partial charge in [-0.2, -0.15) is 0 Å². The number of rotatable bonds is 7. The van der Waals surface area contributed by atoms with Crippen LogP contribution < -0.4 is 15.5 Å². The van der Waals surface area contributed by atoms with Crippen molar-refractivity contribution in [1.82, 2.24) is 15.3 Å². The molecule has 0 atom stereocenters. The zero-order chi connectivity index (χ0) is 21.6. The molecule has 3 aromatic rings. The normalized spacial score (nSPS) is 14.2. The Hall–Kier alpha value is -2.78. The molecule has 7 nitrogen and oxygen atoms in total. The monoisotopic (exact) mass is 454 g/mol. The first-order chi connectivity index (χ1) is 15.2. The molecule has 1 amide bonds. The maximum absolute atomic E-state index is 12.4. The van der Waals surface area contributed by atoms with Gasteiger partial charge in [0.1, 0.15) is 11.6 Å². The van der Waals surface area contributed by atoms with Gasteiger partial charge in [-0.1, -0.05) is 18.9 Å². The van der Waals surface area contributed by atoms with Crippen molar-refractivity contribution in [2.75, 3.05) is 30.4 Å². The summed E-state index contributed by atoms with van der Waals surface area (Å²) in [6, 6.07) is 7.87. The van der Waals surface area contributed by atoms with Gasteiger partial charge in [0.25, 0.3) is 5.91 Å². The summed E-state index contributed by atoms with van der Waals surface area (Å²) < 4.78 is 0. The van der Waals surface area contributed by atoms with Crippen LogP contribution in [0.15, 0.2) is 35.8 Å². The Morgan fingerprint density at radius 1 is 1.19 bits per heavy atom. The number of pyridine rings is 1. The van der Waals surface area contributed by atoms with E-state index >= 15 is 0 Å². The molecule has 3 aromatic heterocycles. The molecule has 0 aromatic carbocycles. The fourth-order valence-electron chi connectivity index (χ4n) is 3.60. The van der Waals surface area contributed by atoms with E-state index in [9.17, 15) is 4.79 Å². The molecule has 162 valence electrons. The SMILES string of the molecule is CNc1nc(N2CCCCCC2)ccc1C(=N)c1cnc(C(=O)NCc2cccs2)s1. The van der Waals surface area contributed by atoms with E-state index < -0.39 is 0 Å². The summed E-state index contributed by atoms with van der Waals surface area (Å²) in [6.07, 6.45) is 6.51. The van der Waals surface area contributed by atoms with Crippen molar-refractivity contribution in [2.45, 2.75) is 32.2 Å². The molecule has 9 heteroatoms. The number of thiophene rings is 1. The number of carbonyl (C=O) groups is 1. The Bertz CT molecular complexity index is 1040. The second kappa shape index (κ2) is 10.0. The molecule has 0 aliphatic carbocycles. The summed E-state index contributed by atoms with van der Waals surface area (Å²) >= 11 is 2.83. The van der Waals surface area contributed by atoms with Crippen molar-refractivity contribution in [3.8, 4) is 0 Å². The Morgan fingerprint density at radius 2 is 2.00 bits per heavy atom. The van der Waals surface area contributed by atoms with Crippen LogP contribution in [0.4, 0.5) is 11.6 Å². The zero-order valence-electron chi connectivity index (χ0n) is 17.5. The largest absolute Gasteiger partial charge is 0.373 e. The molecule has 4 heterocycles. The fraction of sp³-hybridized carbons (Fsp3) is 0.364. The molecule has 0 spiro atoms. The van der Waals surface area contributed by atoms with Crippen molar-refractivity contribution < 1.29 is 4.79 Å². The maximum atomic E-state index is 12.4.